The molecule has 1 fully saturated rings. The molecule has 2 unspecified atom stereocenters. The summed E-state index contributed by atoms with van der Waals surface area (Å²) in [5, 5.41) is 3.49. The molecule has 0 radical (unpaired) electrons. The Hall–Kier alpha value is -2.34. The van der Waals surface area contributed by atoms with Crippen molar-refractivity contribution in [3.63, 3.8) is 0 Å². The standard InChI is InChI=1S/C21H17ClF2N2O/c22-17-9-6-14(7-10-17)16-8-11-19(25-12-16)21(23,24)20-26-18(13-27-20)15-4-2-1-3-5-15/h1-12,18,20,26H,13H2. The Bertz CT molecular complexity index is 902. The Morgan fingerprint density at radius 3 is 2.33 bits per heavy atom. The lowest BCUT2D eigenvalue weighted by Crippen LogP contribution is -2.40. The van der Waals surface area contributed by atoms with E-state index in [-0.39, 0.29) is 18.3 Å². The number of rotatable bonds is 4. The van der Waals surface area contributed by atoms with Gasteiger partial charge in [0.1, 0.15) is 5.69 Å². The predicted molar refractivity (Wildman–Crippen MR) is 101 cm³/mol. The highest BCUT2D eigenvalue weighted by Crippen LogP contribution is 2.36. The van der Waals surface area contributed by atoms with Crippen LogP contribution in [0.25, 0.3) is 11.1 Å². The first kappa shape index (κ1) is 18.0. The molecule has 1 saturated heterocycles. The average molecular weight is 387 g/mol. The van der Waals surface area contributed by atoms with Crippen molar-refractivity contribution >= 4 is 11.6 Å². The number of ether oxygens (including phenoxy) is 1. The summed E-state index contributed by atoms with van der Waals surface area (Å²) in [7, 11) is 0. The van der Waals surface area contributed by atoms with E-state index in [1.807, 2.05) is 42.5 Å². The molecule has 2 heterocycles. The monoisotopic (exact) mass is 386 g/mol. The van der Waals surface area contributed by atoms with Crippen LogP contribution in [0.15, 0.2) is 72.9 Å². The van der Waals surface area contributed by atoms with E-state index < -0.39 is 12.2 Å². The molecular formula is C21H17ClF2N2O. The molecule has 1 N–H and O–H groups in total. The summed E-state index contributed by atoms with van der Waals surface area (Å²) >= 11 is 5.88. The molecule has 0 amide bonds. The molecule has 1 aliphatic heterocycles. The Morgan fingerprint density at radius 2 is 1.67 bits per heavy atom. The second-order valence-electron chi connectivity index (χ2n) is 6.41. The number of hydrogen-bond donors (Lipinski definition) is 1. The van der Waals surface area contributed by atoms with Crippen molar-refractivity contribution in [2.75, 3.05) is 6.61 Å². The fourth-order valence-corrected chi connectivity index (χ4v) is 3.22. The SMILES string of the molecule is FC(F)(c1ccc(-c2ccc(Cl)cc2)cn1)C1NC(c2ccccc2)CO1. The highest BCUT2D eigenvalue weighted by molar-refractivity contribution is 6.30. The number of benzene rings is 2. The van der Waals surface area contributed by atoms with Gasteiger partial charge in [0.2, 0.25) is 0 Å². The molecule has 3 nitrogen and oxygen atoms in total. The van der Waals surface area contributed by atoms with Gasteiger partial charge in [-0.1, -0.05) is 60.1 Å². The van der Waals surface area contributed by atoms with Gasteiger partial charge in [-0.3, -0.25) is 10.3 Å². The zero-order chi connectivity index (χ0) is 18.9. The fourth-order valence-electron chi connectivity index (χ4n) is 3.10. The van der Waals surface area contributed by atoms with Crippen LogP contribution in [0.2, 0.25) is 5.02 Å². The van der Waals surface area contributed by atoms with E-state index in [0.717, 1.165) is 16.7 Å². The van der Waals surface area contributed by atoms with Crippen molar-refractivity contribution in [1.29, 1.82) is 0 Å². The topological polar surface area (TPSA) is 34.2 Å². The first-order chi connectivity index (χ1) is 13.0. The third-order valence-electron chi connectivity index (χ3n) is 4.60. The Labute approximate surface area is 161 Å². The number of pyridine rings is 1. The van der Waals surface area contributed by atoms with Gasteiger partial charge in [0.05, 0.1) is 12.6 Å². The normalized spacial score (nSPS) is 20.0. The van der Waals surface area contributed by atoms with Gasteiger partial charge >= 0.3 is 5.92 Å². The summed E-state index contributed by atoms with van der Waals surface area (Å²) in [4.78, 5) is 3.99. The Kier molecular flexibility index (Phi) is 4.91. The third kappa shape index (κ3) is 3.72. The van der Waals surface area contributed by atoms with Crippen LogP contribution in [0.1, 0.15) is 17.3 Å². The molecule has 0 aliphatic carbocycles. The predicted octanol–water partition coefficient (Wildman–Crippen LogP) is 5.18. The minimum Gasteiger partial charge on any atom is -0.354 e. The van der Waals surface area contributed by atoms with Gasteiger partial charge in [-0.15, -0.1) is 0 Å². The number of halogens is 3. The van der Waals surface area contributed by atoms with Gasteiger partial charge < -0.3 is 4.74 Å². The van der Waals surface area contributed by atoms with Crippen molar-refractivity contribution < 1.29 is 13.5 Å². The second kappa shape index (κ2) is 7.35. The molecule has 2 aromatic carbocycles. The van der Waals surface area contributed by atoms with Crippen LogP contribution in [0.3, 0.4) is 0 Å². The van der Waals surface area contributed by atoms with Gasteiger partial charge in [-0.25, -0.2) is 0 Å². The number of hydrogen-bond acceptors (Lipinski definition) is 3. The van der Waals surface area contributed by atoms with E-state index in [0.29, 0.717) is 5.02 Å². The van der Waals surface area contributed by atoms with Crippen LogP contribution in [0.5, 0.6) is 0 Å². The third-order valence-corrected chi connectivity index (χ3v) is 4.85. The van der Waals surface area contributed by atoms with Crippen LogP contribution in [0, 0.1) is 0 Å². The molecular weight excluding hydrogens is 370 g/mol. The molecule has 1 aromatic heterocycles. The van der Waals surface area contributed by atoms with Crippen molar-refractivity contribution in [2.45, 2.75) is 18.2 Å². The molecule has 2 atom stereocenters. The molecule has 138 valence electrons. The summed E-state index contributed by atoms with van der Waals surface area (Å²) in [6.07, 6.45) is 0.0208. The van der Waals surface area contributed by atoms with Crippen molar-refractivity contribution in [1.82, 2.24) is 10.3 Å². The zero-order valence-corrected chi connectivity index (χ0v) is 15.0. The first-order valence-electron chi connectivity index (χ1n) is 8.57. The van der Waals surface area contributed by atoms with Crippen molar-refractivity contribution in [3.8, 4) is 11.1 Å². The molecule has 3 aromatic rings. The number of nitrogens with zero attached hydrogens (tertiary/aromatic N) is 1. The molecule has 0 bridgehead atoms. The highest BCUT2D eigenvalue weighted by Gasteiger charge is 2.47. The van der Waals surface area contributed by atoms with E-state index >= 15 is 0 Å². The average Bonchev–Trinajstić information content (AvgIpc) is 3.21. The maximum atomic E-state index is 14.9. The fraction of sp³-hybridized carbons (Fsp3) is 0.190. The lowest BCUT2D eigenvalue weighted by Gasteiger charge is -2.23. The smallest absolute Gasteiger partial charge is 0.328 e. The largest absolute Gasteiger partial charge is 0.354 e. The molecule has 4 rings (SSSR count). The van der Waals surface area contributed by atoms with Crippen molar-refractivity contribution in [3.05, 3.63) is 89.2 Å². The number of nitrogens with one attached hydrogen (secondary N) is 1. The van der Waals surface area contributed by atoms with Crippen LogP contribution < -0.4 is 5.32 Å². The lowest BCUT2D eigenvalue weighted by molar-refractivity contribution is -0.133. The Balaban J connectivity index is 1.51. The maximum Gasteiger partial charge on any atom is 0.328 e. The zero-order valence-electron chi connectivity index (χ0n) is 14.3. The van der Waals surface area contributed by atoms with Gasteiger partial charge in [-0.2, -0.15) is 8.78 Å². The van der Waals surface area contributed by atoms with Crippen molar-refractivity contribution in [2.24, 2.45) is 0 Å². The first-order valence-corrected chi connectivity index (χ1v) is 8.95. The lowest BCUT2D eigenvalue weighted by atomic mass is 10.1. The summed E-state index contributed by atoms with van der Waals surface area (Å²) in [5.74, 6) is -3.25. The number of aromatic nitrogens is 1. The molecule has 27 heavy (non-hydrogen) atoms. The van der Waals surface area contributed by atoms with Gasteiger partial charge in [0, 0.05) is 16.8 Å². The minimum absolute atomic E-state index is 0.188. The Morgan fingerprint density at radius 1 is 0.963 bits per heavy atom. The number of alkyl halides is 2. The summed E-state index contributed by atoms with van der Waals surface area (Å²) in [6.45, 7) is 0.188. The highest BCUT2D eigenvalue weighted by atomic mass is 35.5. The molecule has 6 heteroatoms. The van der Waals surface area contributed by atoms with E-state index in [2.05, 4.69) is 10.3 Å². The van der Waals surface area contributed by atoms with Gasteiger partial charge in [0.15, 0.2) is 6.23 Å². The van der Waals surface area contributed by atoms with E-state index in [1.54, 1.807) is 18.2 Å². The van der Waals surface area contributed by atoms with Crippen LogP contribution >= 0.6 is 11.6 Å². The van der Waals surface area contributed by atoms with E-state index in [4.69, 9.17) is 16.3 Å². The summed E-state index contributed by atoms with van der Waals surface area (Å²) in [6, 6.07) is 19.3. The maximum absolute atomic E-state index is 14.9. The summed E-state index contributed by atoms with van der Waals surface area (Å²) in [5.41, 5.74) is 2.20. The summed E-state index contributed by atoms with van der Waals surface area (Å²) < 4.78 is 35.1. The van der Waals surface area contributed by atoms with Gasteiger partial charge in [-0.05, 0) is 29.3 Å². The van der Waals surface area contributed by atoms with E-state index in [1.165, 1.54) is 12.3 Å². The second-order valence-corrected chi connectivity index (χ2v) is 6.84. The van der Waals surface area contributed by atoms with Crippen LogP contribution in [-0.4, -0.2) is 17.8 Å². The molecule has 1 aliphatic rings. The van der Waals surface area contributed by atoms with Gasteiger partial charge in [0.25, 0.3) is 0 Å². The molecule has 0 spiro atoms. The minimum atomic E-state index is -3.25. The van der Waals surface area contributed by atoms with Crippen LogP contribution in [-0.2, 0) is 10.7 Å². The van der Waals surface area contributed by atoms with Crippen LogP contribution in [0.4, 0.5) is 8.78 Å². The molecule has 0 saturated carbocycles. The quantitative estimate of drug-likeness (QED) is 0.670. The van der Waals surface area contributed by atoms with E-state index in [9.17, 15) is 8.78 Å².